The van der Waals surface area contributed by atoms with E-state index in [1.54, 1.807) is 11.0 Å². The van der Waals surface area contributed by atoms with Crippen LogP contribution in [0, 0.1) is 11.7 Å². The number of amides is 2. The molecular weight excluding hydrogens is 529 g/mol. The number of nitrogens with zero attached hydrogens (tertiary/aromatic N) is 2. The third-order valence-electron chi connectivity index (χ3n) is 6.69. The van der Waals surface area contributed by atoms with Crippen LogP contribution >= 0.6 is 12.4 Å². The van der Waals surface area contributed by atoms with Crippen LogP contribution in [0.2, 0.25) is 0 Å². The van der Waals surface area contributed by atoms with Gasteiger partial charge in [0.1, 0.15) is 24.1 Å². The van der Waals surface area contributed by atoms with Crippen molar-refractivity contribution in [1.82, 2.24) is 9.80 Å². The number of nitrogens with two attached hydrogens (primary N) is 1. The van der Waals surface area contributed by atoms with Crippen LogP contribution in [0.25, 0.3) is 0 Å². The zero-order chi connectivity index (χ0) is 27.9. The zero-order valence-electron chi connectivity index (χ0n) is 23.3. The summed E-state index contributed by atoms with van der Waals surface area (Å²) in [4.78, 5) is 29.6. The minimum Gasteiger partial charge on any atom is -0.388 e. The van der Waals surface area contributed by atoms with Crippen molar-refractivity contribution in [1.29, 1.82) is 0 Å². The van der Waals surface area contributed by atoms with Crippen LogP contribution in [0.5, 0.6) is 0 Å². The quantitative estimate of drug-likeness (QED) is 0.386. The van der Waals surface area contributed by atoms with Crippen LogP contribution in [0.1, 0.15) is 62.7 Å². The number of hydrogen-bond donors (Lipinski definition) is 3. The molecular formula is C28H47ClFN3O6. The van der Waals surface area contributed by atoms with E-state index in [4.69, 9.17) is 15.2 Å². The number of unbranched alkanes of at least 4 members (excludes halogenated alkanes) is 1. The molecule has 3 atom stereocenters. The summed E-state index contributed by atoms with van der Waals surface area (Å²) < 4.78 is 26.1. The lowest BCUT2D eigenvalue weighted by molar-refractivity contribution is -0.132. The number of hydrogen-bond acceptors (Lipinski definition) is 7. The molecule has 1 aliphatic heterocycles. The number of aliphatic hydroxyl groups is 2. The molecule has 224 valence electrons. The van der Waals surface area contributed by atoms with Gasteiger partial charge in [-0.1, -0.05) is 26.0 Å². The molecule has 2 rings (SSSR count). The molecule has 0 saturated carbocycles. The molecule has 0 radical (unpaired) electrons. The Bertz CT molecular complexity index is 849. The zero-order valence-corrected chi connectivity index (χ0v) is 24.1. The Hall–Kier alpha value is -1.82. The number of rotatable bonds is 9. The molecule has 11 heteroatoms. The summed E-state index contributed by atoms with van der Waals surface area (Å²) in [7, 11) is 0. The van der Waals surface area contributed by atoms with Gasteiger partial charge in [-0.2, -0.15) is 0 Å². The molecule has 1 saturated heterocycles. The van der Waals surface area contributed by atoms with Crippen LogP contribution in [0.3, 0.4) is 0 Å². The molecule has 1 aromatic carbocycles. The van der Waals surface area contributed by atoms with Crippen molar-refractivity contribution in [3.8, 4) is 0 Å². The van der Waals surface area contributed by atoms with Gasteiger partial charge in [-0.15, -0.1) is 12.4 Å². The molecule has 0 aromatic heterocycles. The van der Waals surface area contributed by atoms with E-state index in [1.165, 1.54) is 23.1 Å². The first-order chi connectivity index (χ1) is 18.2. The average molecular weight is 576 g/mol. The Morgan fingerprint density at radius 3 is 2.54 bits per heavy atom. The second-order valence-electron chi connectivity index (χ2n) is 10.3. The van der Waals surface area contributed by atoms with Gasteiger partial charge in [-0.05, 0) is 56.7 Å². The Kier molecular flexibility index (Phi) is 17.4. The fourth-order valence-electron chi connectivity index (χ4n) is 4.25. The van der Waals surface area contributed by atoms with Crippen molar-refractivity contribution in [2.75, 3.05) is 52.5 Å². The molecule has 1 aliphatic rings. The smallest absolute Gasteiger partial charge is 0.256 e. The minimum atomic E-state index is -1.32. The number of carbonyl (C=O) groups excluding carboxylic acids is 2. The second-order valence-corrected chi connectivity index (χ2v) is 10.3. The van der Waals surface area contributed by atoms with E-state index in [-0.39, 0.29) is 50.1 Å². The fraction of sp³-hybridized carbons (Fsp3) is 0.714. The van der Waals surface area contributed by atoms with Gasteiger partial charge in [0.25, 0.3) is 5.91 Å². The van der Waals surface area contributed by atoms with E-state index in [2.05, 4.69) is 0 Å². The van der Waals surface area contributed by atoms with Crippen LogP contribution in [0.4, 0.5) is 4.39 Å². The summed E-state index contributed by atoms with van der Waals surface area (Å²) in [6.45, 7) is 6.00. The highest BCUT2D eigenvalue weighted by molar-refractivity contribution is 5.94. The first-order valence-electron chi connectivity index (χ1n) is 13.8. The van der Waals surface area contributed by atoms with E-state index in [9.17, 15) is 24.2 Å². The van der Waals surface area contributed by atoms with Crippen molar-refractivity contribution in [2.24, 2.45) is 11.7 Å². The van der Waals surface area contributed by atoms with E-state index in [1.807, 2.05) is 13.8 Å². The Morgan fingerprint density at radius 2 is 1.85 bits per heavy atom. The predicted octanol–water partition coefficient (Wildman–Crippen LogP) is 2.61. The molecule has 0 unspecified atom stereocenters. The number of halogens is 2. The van der Waals surface area contributed by atoms with Crippen molar-refractivity contribution >= 4 is 24.2 Å². The number of ether oxygens (including phenoxy) is 2. The highest BCUT2D eigenvalue weighted by Crippen LogP contribution is 2.16. The van der Waals surface area contributed by atoms with Gasteiger partial charge in [0.15, 0.2) is 0 Å². The SMILES string of the molecule is CC(C)CCO[C@@H]1CN(C(=O)c2ccccc2F)CCN(C(=O)CCCCN)CCCCOC[C@@H](O)[C@H]1O.Cl. The highest BCUT2D eigenvalue weighted by Gasteiger charge is 2.32. The van der Waals surface area contributed by atoms with E-state index >= 15 is 0 Å². The summed E-state index contributed by atoms with van der Waals surface area (Å²) in [6.07, 6.45) is 0.403. The first-order valence-corrected chi connectivity index (χ1v) is 13.8. The predicted molar refractivity (Wildman–Crippen MR) is 150 cm³/mol. The van der Waals surface area contributed by atoms with E-state index < -0.39 is 30.0 Å². The topological polar surface area (TPSA) is 126 Å². The molecule has 2 amide bonds. The molecule has 9 nitrogen and oxygen atoms in total. The summed E-state index contributed by atoms with van der Waals surface area (Å²) >= 11 is 0. The lowest BCUT2D eigenvalue weighted by atomic mass is 10.1. The molecule has 1 aromatic rings. The molecule has 39 heavy (non-hydrogen) atoms. The highest BCUT2D eigenvalue weighted by atomic mass is 35.5. The van der Waals surface area contributed by atoms with Crippen molar-refractivity contribution < 1.29 is 33.7 Å². The third kappa shape index (κ3) is 12.5. The van der Waals surface area contributed by atoms with Gasteiger partial charge in [-0.25, -0.2) is 4.39 Å². The molecule has 1 heterocycles. The van der Waals surface area contributed by atoms with Crippen LogP contribution in [-0.2, 0) is 14.3 Å². The fourth-order valence-corrected chi connectivity index (χ4v) is 4.25. The maximum absolute atomic E-state index is 14.6. The van der Waals surface area contributed by atoms with Gasteiger partial charge in [-0.3, -0.25) is 9.59 Å². The lowest BCUT2D eigenvalue weighted by Gasteiger charge is -2.34. The molecule has 0 spiro atoms. The normalized spacial score (nSPS) is 21.8. The average Bonchev–Trinajstić information content (AvgIpc) is 2.89. The summed E-state index contributed by atoms with van der Waals surface area (Å²) in [5.74, 6) is -0.891. The van der Waals surface area contributed by atoms with Gasteiger partial charge in [0, 0.05) is 45.8 Å². The monoisotopic (exact) mass is 575 g/mol. The van der Waals surface area contributed by atoms with Gasteiger partial charge >= 0.3 is 0 Å². The van der Waals surface area contributed by atoms with Gasteiger partial charge < -0.3 is 35.2 Å². The molecule has 0 bridgehead atoms. The lowest BCUT2D eigenvalue weighted by Crippen LogP contribution is -2.51. The largest absolute Gasteiger partial charge is 0.388 e. The van der Waals surface area contributed by atoms with E-state index in [0.717, 1.165) is 12.8 Å². The number of benzene rings is 1. The van der Waals surface area contributed by atoms with Crippen molar-refractivity contribution in [3.05, 3.63) is 35.6 Å². The van der Waals surface area contributed by atoms with Crippen LogP contribution < -0.4 is 5.73 Å². The van der Waals surface area contributed by atoms with E-state index in [0.29, 0.717) is 57.9 Å². The Morgan fingerprint density at radius 1 is 1.13 bits per heavy atom. The third-order valence-corrected chi connectivity index (χ3v) is 6.69. The Labute approximate surface area is 238 Å². The molecule has 0 aliphatic carbocycles. The maximum atomic E-state index is 14.6. The standard InChI is InChI=1S/C28H46FN3O6.ClH/c1-21(2)12-18-38-25-19-32(28(36)22-9-3-4-10-23(22)29)16-15-31(26(34)11-5-6-13-30)14-7-8-17-37-20-24(33)27(25)35;/h3-4,9-10,21,24-25,27,33,35H,5-8,11-20,30H2,1-2H3;1H/t24-,25-,27-;/m1./s1. The van der Waals surface area contributed by atoms with Crippen molar-refractivity contribution in [3.63, 3.8) is 0 Å². The van der Waals surface area contributed by atoms with Crippen LogP contribution in [-0.4, -0.2) is 103 Å². The summed E-state index contributed by atoms with van der Waals surface area (Å²) in [5.41, 5.74) is 5.47. The van der Waals surface area contributed by atoms with Gasteiger partial charge in [0.2, 0.25) is 5.91 Å². The molecule has 4 N–H and O–H groups in total. The van der Waals surface area contributed by atoms with Gasteiger partial charge in [0.05, 0.1) is 12.2 Å². The maximum Gasteiger partial charge on any atom is 0.256 e. The number of aliphatic hydroxyl groups excluding tert-OH is 2. The van der Waals surface area contributed by atoms with Crippen molar-refractivity contribution in [2.45, 2.75) is 70.7 Å². The minimum absolute atomic E-state index is 0. The number of carbonyl (C=O) groups is 2. The summed E-state index contributed by atoms with van der Waals surface area (Å²) in [6, 6.07) is 5.72. The Balaban J connectivity index is 0.00000760. The second kappa shape index (κ2) is 19.3. The molecule has 1 fully saturated rings. The first kappa shape index (κ1) is 35.2. The van der Waals surface area contributed by atoms with Crippen LogP contribution in [0.15, 0.2) is 24.3 Å². The summed E-state index contributed by atoms with van der Waals surface area (Å²) in [5, 5.41) is 21.5.